The van der Waals surface area contributed by atoms with Crippen molar-refractivity contribution in [2.24, 2.45) is 0 Å². The van der Waals surface area contributed by atoms with Crippen LogP contribution in [0.4, 0.5) is 39.5 Å². The minimum absolute atomic E-state index is 0.0397. The highest BCUT2D eigenvalue weighted by Crippen LogP contribution is 2.61. The van der Waals surface area contributed by atoms with Crippen LogP contribution in [0.3, 0.4) is 0 Å². The fourth-order valence-electron chi connectivity index (χ4n) is 2.10. The SMILES string of the molecule is Cc1ccc(S(=O)(=O)O)c(C(C(F)(F)F)(C(F)(F)F)C(F)(F)F)c1. The van der Waals surface area contributed by atoms with Crippen LogP contribution in [0.2, 0.25) is 0 Å². The van der Waals surface area contributed by atoms with Gasteiger partial charge in [0.05, 0.1) is 4.90 Å². The maximum Gasteiger partial charge on any atom is 0.416 e. The highest BCUT2D eigenvalue weighted by atomic mass is 32.2. The molecule has 0 spiro atoms. The summed E-state index contributed by atoms with van der Waals surface area (Å²) in [5.74, 6) is 0. The van der Waals surface area contributed by atoms with Gasteiger partial charge in [-0.2, -0.15) is 47.9 Å². The van der Waals surface area contributed by atoms with E-state index in [4.69, 9.17) is 4.55 Å². The van der Waals surface area contributed by atoms with Crippen molar-refractivity contribution in [3.8, 4) is 0 Å². The van der Waals surface area contributed by atoms with E-state index in [1.807, 2.05) is 0 Å². The Bertz CT molecular complexity index is 693. The molecular formula is C11H7F9O3S. The number of hydrogen-bond acceptors (Lipinski definition) is 2. The van der Waals surface area contributed by atoms with Crippen LogP contribution in [0.5, 0.6) is 0 Å². The van der Waals surface area contributed by atoms with Gasteiger partial charge in [-0.3, -0.25) is 4.55 Å². The van der Waals surface area contributed by atoms with Crippen LogP contribution in [0.15, 0.2) is 23.1 Å². The first kappa shape index (κ1) is 20.5. The summed E-state index contributed by atoms with van der Waals surface area (Å²) >= 11 is 0. The van der Waals surface area contributed by atoms with Crippen molar-refractivity contribution in [2.45, 2.75) is 35.8 Å². The average Bonchev–Trinajstić information content (AvgIpc) is 2.20. The molecule has 0 bridgehead atoms. The first-order valence-corrected chi connectivity index (χ1v) is 7.10. The molecule has 0 fully saturated rings. The number of alkyl halides is 9. The Labute approximate surface area is 128 Å². The van der Waals surface area contributed by atoms with E-state index < -0.39 is 50.1 Å². The topological polar surface area (TPSA) is 54.4 Å². The predicted octanol–water partition coefficient (Wildman–Crippen LogP) is 4.17. The van der Waals surface area contributed by atoms with Gasteiger partial charge in [0.2, 0.25) is 0 Å². The van der Waals surface area contributed by atoms with Gasteiger partial charge in [-0.05, 0) is 13.0 Å². The number of rotatable bonds is 2. The van der Waals surface area contributed by atoms with Crippen LogP contribution >= 0.6 is 0 Å². The van der Waals surface area contributed by atoms with Crippen LogP contribution in [-0.2, 0) is 15.5 Å². The summed E-state index contributed by atoms with van der Waals surface area (Å²) in [7, 11) is -5.81. The monoisotopic (exact) mass is 390 g/mol. The standard InChI is InChI=1S/C11H7F9O3S/c1-5-2-3-7(24(21,22)23)6(4-5)8(9(12,13)14,10(15,16)17)11(18,19)20/h2-4H,1H3,(H,21,22,23). The average molecular weight is 390 g/mol. The van der Waals surface area contributed by atoms with Crippen molar-refractivity contribution in [1.29, 1.82) is 0 Å². The summed E-state index contributed by atoms with van der Waals surface area (Å²) in [6, 6.07) is 0.454. The minimum Gasteiger partial charge on any atom is -0.282 e. The van der Waals surface area contributed by atoms with Crippen LogP contribution < -0.4 is 0 Å². The maximum absolute atomic E-state index is 13.0. The van der Waals surface area contributed by atoms with Crippen LogP contribution in [0.1, 0.15) is 11.1 Å². The normalized spacial score (nSPS) is 14.8. The van der Waals surface area contributed by atoms with Crippen molar-refractivity contribution < 1.29 is 52.5 Å². The Balaban J connectivity index is 4.22. The summed E-state index contributed by atoms with van der Waals surface area (Å²) in [6.07, 6.45) is -21.0. The zero-order valence-electron chi connectivity index (χ0n) is 11.3. The lowest BCUT2D eigenvalue weighted by molar-refractivity contribution is -0.388. The van der Waals surface area contributed by atoms with Gasteiger partial charge in [-0.25, -0.2) is 0 Å². The number of benzene rings is 1. The molecule has 0 heterocycles. The van der Waals surface area contributed by atoms with Crippen LogP contribution in [-0.4, -0.2) is 31.5 Å². The second-order valence-corrected chi connectivity index (χ2v) is 6.11. The first-order chi connectivity index (χ1) is 10.4. The first-order valence-electron chi connectivity index (χ1n) is 5.66. The number of aryl methyl sites for hydroxylation is 1. The third-order valence-electron chi connectivity index (χ3n) is 3.09. The Morgan fingerprint density at radius 3 is 1.50 bits per heavy atom. The van der Waals surface area contributed by atoms with Gasteiger partial charge in [0, 0.05) is 5.56 Å². The molecular weight excluding hydrogens is 383 g/mol. The van der Waals surface area contributed by atoms with Crippen LogP contribution in [0, 0.1) is 6.92 Å². The van der Waals surface area contributed by atoms with E-state index in [1.54, 1.807) is 0 Å². The van der Waals surface area contributed by atoms with Crippen molar-refractivity contribution in [2.75, 3.05) is 0 Å². The molecule has 0 amide bonds. The molecule has 138 valence electrons. The Morgan fingerprint density at radius 1 is 0.833 bits per heavy atom. The molecule has 0 atom stereocenters. The molecule has 0 saturated heterocycles. The van der Waals surface area contributed by atoms with Crippen LogP contribution in [0.25, 0.3) is 0 Å². The largest absolute Gasteiger partial charge is 0.416 e. The van der Waals surface area contributed by atoms with E-state index in [-0.39, 0.29) is 12.1 Å². The Morgan fingerprint density at radius 2 is 1.21 bits per heavy atom. The fourth-order valence-corrected chi connectivity index (χ4v) is 2.83. The zero-order chi connectivity index (χ0) is 19.4. The summed E-state index contributed by atoms with van der Waals surface area (Å²) < 4.78 is 148. The van der Waals surface area contributed by atoms with E-state index in [9.17, 15) is 47.9 Å². The van der Waals surface area contributed by atoms with Gasteiger partial charge in [0.1, 0.15) is 0 Å². The van der Waals surface area contributed by atoms with Gasteiger partial charge < -0.3 is 0 Å². The molecule has 0 aromatic heterocycles. The van der Waals surface area contributed by atoms with Gasteiger partial charge in [-0.1, -0.05) is 17.7 Å². The second kappa shape index (κ2) is 5.51. The number of hydrogen-bond donors (Lipinski definition) is 1. The van der Waals surface area contributed by atoms with Gasteiger partial charge in [0.15, 0.2) is 0 Å². The lowest BCUT2D eigenvalue weighted by Gasteiger charge is -2.39. The van der Waals surface area contributed by atoms with E-state index in [1.165, 1.54) is 0 Å². The third kappa shape index (κ3) is 3.06. The Hall–Kier alpha value is -1.50. The molecule has 13 heteroatoms. The zero-order valence-corrected chi connectivity index (χ0v) is 12.1. The molecule has 0 unspecified atom stereocenters. The van der Waals surface area contributed by atoms with E-state index in [0.29, 0.717) is 6.07 Å². The minimum atomic E-state index is -6.99. The lowest BCUT2D eigenvalue weighted by Crippen LogP contribution is -2.63. The molecule has 1 rings (SSSR count). The maximum atomic E-state index is 13.0. The van der Waals surface area contributed by atoms with Gasteiger partial charge in [-0.15, -0.1) is 0 Å². The smallest absolute Gasteiger partial charge is 0.282 e. The third-order valence-corrected chi connectivity index (χ3v) is 4.00. The summed E-state index contributed by atoms with van der Waals surface area (Å²) in [6.45, 7) is 0.852. The molecule has 0 saturated carbocycles. The molecule has 1 aromatic rings. The van der Waals surface area contributed by atoms with Crippen molar-refractivity contribution in [1.82, 2.24) is 0 Å². The Kier molecular flexibility index (Phi) is 4.72. The highest BCUT2D eigenvalue weighted by molar-refractivity contribution is 7.85. The molecule has 3 nitrogen and oxygen atoms in total. The molecule has 24 heavy (non-hydrogen) atoms. The molecule has 1 aromatic carbocycles. The summed E-state index contributed by atoms with van der Waals surface area (Å²) in [5.41, 5.74) is -9.68. The van der Waals surface area contributed by atoms with E-state index >= 15 is 0 Å². The molecule has 1 N–H and O–H groups in total. The number of halogens is 9. The second-order valence-electron chi connectivity index (χ2n) is 4.72. The molecule has 0 aliphatic rings. The van der Waals surface area contributed by atoms with E-state index in [2.05, 4.69) is 0 Å². The fraction of sp³-hybridized carbons (Fsp3) is 0.455. The molecule has 0 radical (unpaired) electrons. The predicted molar refractivity (Wildman–Crippen MR) is 60.8 cm³/mol. The summed E-state index contributed by atoms with van der Waals surface area (Å²) in [4.78, 5) is -2.14. The highest BCUT2D eigenvalue weighted by Gasteiger charge is 2.85. The van der Waals surface area contributed by atoms with Gasteiger partial charge >= 0.3 is 18.5 Å². The van der Waals surface area contributed by atoms with Crippen molar-refractivity contribution in [3.63, 3.8) is 0 Å². The quantitative estimate of drug-likeness (QED) is 0.609. The van der Waals surface area contributed by atoms with Crippen molar-refractivity contribution >= 4 is 10.1 Å². The molecule has 0 aliphatic carbocycles. The van der Waals surface area contributed by atoms with Gasteiger partial charge in [0.25, 0.3) is 15.5 Å². The lowest BCUT2D eigenvalue weighted by atomic mass is 9.77. The van der Waals surface area contributed by atoms with E-state index in [0.717, 1.165) is 6.92 Å². The summed E-state index contributed by atoms with van der Waals surface area (Å²) in [5, 5.41) is 0. The molecule has 0 aliphatic heterocycles. The van der Waals surface area contributed by atoms with Crippen molar-refractivity contribution in [3.05, 3.63) is 29.3 Å².